The van der Waals surface area contributed by atoms with Crippen LogP contribution in [0.3, 0.4) is 0 Å². The summed E-state index contributed by atoms with van der Waals surface area (Å²) in [6.45, 7) is 1.74. The number of methoxy groups -OCH3 is 2. The maximum atomic E-state index is 13.2. The van der Waals surface area contributed by atoms with Gasteiger partial charge in [0.05, 0.1) is 25.3 Å². The second-order valence-electron chi connectivity index (χ2n) is 5.84. The molecule has 0 aliphatic carbocycles. The molecule has 2 aromatic carbocycles. The highest BCUT2D eigenvalue weighted by molar-refractivity contribution is 6.17. The molecule has 0 spiro atoms. The Labute approximate surface area is 149 Å². The molecule has 1 heterocycles. The Bertz CT molecular complexity index is 989. The SMILES string of the molecule is COC(=O)Cn1c(C)c(C(=O)c2ccc(F)cc2)c2ccc(OC)cc21. The lowest BCUT2D eigenvalue weighted by Gasteiger charge is -2.07. The molecule has 5 nitrogen and oxygen atoms in total. The normalized spacial score (nSPS) is 10.8. The molecule has 3 aromatic rings. The highest BCUT2D eigenvalue weighted by Gasteiger charge is 2.22. The number of hydrogen-bond acceptors (Lipinski definition) is 4. The fourth-order valence-corrected chi connectivity index (χ4v) is 3.01. The van der Waals surface area contributed by atoms with E-state index in [1.165, 1.54) is 31.4 Å². The Balaban J connectivity index is 2.21. The van der Waals surface area contributed by atoms with Crippen LogP contribution in [-0.2, 0) is 16.1 Å². The molecule has 26 heavy (non-hydrogen) atoms. The van der Waals surface area contributed by atoms with E-state index < -0.39 is 11.8 Å². The molecule has 0 fully saturated rings. The average molecular weight is 355 g/mol. The predicted octanol–water partition coefficient (Wildman–Crippen LogP) is 3.50. The summed E-state index contributed by atoms with van der Waals surface area (Å²) in [6, 6.07) is 10.7. The van der Waals surface area contributed by atoms with Crippen LogP contribution in [0.5, 0.6) is 5.75 Å². The van der Waals surface area contributed by atoms with Crippen LogP contribution in [0.15, 0.2) is 42.5 Å². The van der Waals surface area contributed by atoms with Gasteiger partial charge in [-0.15, -0.1) is 0 Å². The number of esters is 1. The van der Waals surface area contributed by atoms with Crippen molar-refractivity contribution in [1.29, 1.82) is 0 Å². The third-order valence-electron chi connectivity index (χ3n) is 4.38. The molecular formula is C20H18FNO4. The van der Waals surface area contributed by atoms with E-state index in [0.29, 0.717) is 33.5 Å². The molecule has 0 radical (unpaired) electrons. The summed E-state index contributed by atoms with van der Waals surface area (Å²) in [5, 5.41) is 0.696. The first-order valence-electron chi connectivity index (χ1n) is 8.00. The molecule has 0 aliphatic heterocycles. The monoisotopic (exact) mass is 355 g/mol. The Kier molecular flexibility index (Phi) is 4.75. The number of carbonyl (C=O) groups is 2. The van der Waals surface area contributed by atoms with Crippen LogP contribution in [0.1, 0.15) is 21.6 Å². The number of benzene rings is 2. The Morgan fingerprint density at radius 3 is 2.38 bits per heavy atom. The van der Waals surface area contributed by atoms with Gasteiger partial charge in [-0.1, -0.05) is 0 Å². The second-order valence-corrected chi connectivity index (χ2v) is 5.84. The molecule has 0 saturated carbocycles. The molecule has 0 aliphatic rings. The molecule has 0 bridgehead atoms. The number of hydrogen-bond donors (Lipinski definition) is 0. The zero-order valence-electron chi connectivity index (χ0n) is 14.7. The number of ether oxygens (including phenoxy) is 2. The lowest BCUT2D eigenvalue weighted by atomic mass is 10.0. The van der Waals surface area contributed by atoms with Gasteiger partial charge < -0.3 is 14.0 Å². The van der Waals surface area contributed by atoms with Gasteiger partial charge in [0.2, 0.25) is 0 Å². The van der Waals surface area contributed by atoms with E-state index >= 15 is 0 Å². The minimum atomic E-state index is -0.423. The molecular weight excluding hydrogens is 337 g/mol. The van der Waals surface area contributed by atoms with Crippen LogP contribution in [0.2, 0.25) is 0 Å². The van der Waals surface area contributed by atoms with Crippen molar-refractivity contribution in [3.63, 3.8) is 0 Å². The molecule has 134 valence electrons. The van der Waals surface area contributed by atoms with Gasteiger partial charge >= 0.3 is 5.97 Å². The van der Waals surface area contributed by atoms with Gasteiger partial charge in [-0.2, -0.15) is 0 Å². The fraction of sp³-hybridized carbons (Fsp3) is 0.200. The Morgan fingerprint density at radius 2 is 1.77 bits per heavy atom. The van der Waals surface area contributed by atoms with Gasteiger partial charge in [0, 0.05) is 22.7 Å². The van der Waals surface area contributed by atoms with Crippen LogP contribution in [-0.4, -0.2) is 30.5 Å². The summed E-state index contributed by atoms with van der Waals surface area (Å²) in [7, 11) is 2.86. The van der Waals surface area contributed by atoms with Crippen LogP contribution < -0.4 is 4.74 Å². The summed E-state index contributed by atoms with van der Waals surface area (Å²) in [4.78, 5) is 24.8. The number of aromatic nitrogens is 1. The molecule has 0 amide bonds. The van der Waals surface area contributed by atoms with Crippen LogP contribution in [0.25, 0.3) is 10.9 Å². The van der Waals surface area contributed by atoms with Crippen molar-refractivity contribution >= 4 is 22.7 Å². The van der Waals surface area contributed by atoms with E-state index in [-0.39, 0.29) is 12.3 Å². The number of nitrogens with zero attached hydrogens (tertiary/aromatic N) is 1. The first-order chi connectivity index (χ1) is 12.5. The van der Waals surface area contributed by atoms with Crippen molar-refractivity contribution in [2.24, 2.45) is 0 Å². The van der Waals surface area contributed by atoms with Gasteiger partial charge in [0.15, 0.2) is 5.78 Å². The van der Waals surface area contributed by atoms with Gasteiger partial charge in [-0.3, -0.25) is 9.59 Å². The van der Waals surface area contributed by atoms with Crippen molar-refractivity contribution in [2.45, 2.75) is 13.5 Å². The van der Waals surface area contributed by atoms with Crippen molar-refractivity contribution < 1.29 is 23.5 Å². The fourth-order valence-electron chi connectivity index (χ4n) is 3.01. The number of halogens is 1. The maximum Gasteiger partial charge on any atom is 0.325 e. The van der Waals surface area contributed by atoms with E-state index in [1.807, 2.05) is 0 Å². The smallest absolute Gasteiger partial charge is 0.325 e. The molecule has 0 N–H and O–H groups in total. The third kappa shape index (κ3) is 3.06. The highest BCUT2D eigenvalue weighted by atomic mass is 19.1. The maximum absolute atomic E-state index is 13.2. The third-order valence-corrected chi connectivity index (χ3v) is 4.38. The van der Waals surface area contributed by atoms with Crippen molar-refractivity contribution in [2.75, 3.05) is 14.2 Å². The van der Waals surface area contributed by atoms with Crippen molar-refractivity contribution in [1.82, 2.24) is 4.57 Å². The number of carbonyl (C=O) groups excluding carboxylic acids is 2. The van der Waals surface area contributed by atoms with Gasteiger partial charge in [-0.05, 0) is 43.3 Å². The summed E-state index contributed by atoms with van der Waals surface area (Å²) >= 11 is 0. The lowest BCUT2D eigenvalue weighted by molar-refractivity contribution is -0.141. The van der Waals surface area contributed by atoms with E-state index in [4.69, 9.17) is 9.47 Å². The summed E-state index contributed by atoms with van der Waals surface area (Å²) < 4.78 is 24.9. The predicted molar refractivity (Wildman–Crippen MR) is 95.1 cm³/mol. The lowest BCUT2D eigenvalue weighted by Crippen LogP contribution is -2.13. The number of fused-ring (bicyclic) bond motifs is 1. The first kappa shape index (κ1) is 17.7. The highest BCUT2D eigenvalue weighted by Crippen LogP contribution is 2.31. The number of rotatable bonds is 5. The molecule has 3 rings (SSSR count). The minimum absolute atomic E-state index is 0.0251. The van der Waals surface area contributed by atoms with Gasteiger partial charge in [-0.25, -0.2) is 4.39 Å². The summed E-state index contributed by atoms with van der Waals surface area (Å²) in [5.41, 5.74) is 2.17. The minimum Gasteiger partial charge on any atom is -0.497 e. The van der Waals surface area contributed by atoms with E-state index in [2.05, 4.69) is 0 Å². The second kappa shape index (κ2) is 7.00. The molecule has 1 aromatic heterocycles. The molecule has 0 saturated heterocycles. The summed E-state index contributed by atoms with van der Waals surface area (Å²) in [5.74, 6) is -0.451. The van der Waals surface area contributed by atoms with E-state index in [9.17, 15) is 14.0 Å². The zero-order valence-corrected chi connectivity index (χ0v) is 14.7. The largest absolute Gasteiger partial charge is 0.497 e. The molecule has 6 heteroatoms. The van der Waals surface area contributed by atoms with Crippen LogP contribution in [0.4, 0.5) is 4.39 Å². The molecule has 0 unspecified atom stereocenters. The first-order valence-corrected chi connectivity index (χ1v) is 8.00. The van der Waals surface area contributed by atoms with E-state index in [0.717, 1.165) is 0 Å². The van der Waals surface area contributed by atoms with Crippen molar-refractivity contribution in [3.8, 4) is 5.75 Å². The van der Waals surface area contributed by atoms with Crippen LogP contribution >= 0.6 is 0 Å². The Hall–Kier alpha value is -3.15. The average Bonchev–Trinajstić information content (AvgIpc) is 2.92. The standard InChI is InChI=1S/C20H18FNO4/c1-12-19(20(24)13-4-6-14(21)7-5-13)16-9-8-15(25-2)10-17(16)22(12)11-18(23)26-3/h4-10H,11H2,1-3H3. The van der Waals surface area contributed by atoms with Gasteiger partial charge in [0.25, 0.3) is 0 Å². The van der Waals surface area contributed by atoms with E-state index in [1.54, 1.807) is 36.8 Å². The molecule has 0 atom stereocenters. The zero-order chi connectivity index (χ0) is 18.8. The quantitative estimate of drug-likeness (QED) is 0.519. The topological polar surface area (TPSA) is 57.5 Å². The van der Waals surface area contributed by atoms with Crippen LogP contribution in [0, 0.1) is 12.7 Å². The van der Waals surface area contributed by atoms with Gasteiger partial charge in [0.1, 0.15) is 18.1 Å². The van der Waals surface area contributed by atoms with Crippen molar-refractivity contribution in [3.05, 3.63) is 65.1 Å². The Morgan fingerprint density at radius 1 is 1.08 bits per heavy atom. The summed E-state index contributed by atoms with van der Waals surface area (Å²) in [6.07, 6.45) is 0. The number of ketones is 1.